The second-order valence-corrected chi connectivity index (χ2v) is 12.5. The maximum absolute atomic E-state index is 14.3. The number of hydrogen-bond donors (Lipinski definition) is 5. The van der Waals surface area contributed by atoms with E-state index in [1.807, 2.05) is 0 Å². The van der Waals surface area contributed by atoms with Crippen molar-refractivity contribution in [1.29, 1.82) is 0 Å². The van der Waals surface area contributed by atoms with Crippen molar-refractivity contribution >= 4 is 46.9 Å². The molecular weight excluding hydrogens is 640 g/mol. The van der Waals surface area contributed by atoms with E-state index < -0.39 is 93.7 Å². The molecule has 49 heavy (non-hydrogen) atoms. The van der Waals surface area contributed by atoms with Crippen LogP contribution >= 0.6 is 0 Å². The molecule has 6 atom stereocenters. The van der Waals surface area contributed by atoms with Crippen molar-refractivity contribution in [2.75, 3.05) is 16.9 Å². The summed E-state index contributed by atoms with van der Waals surface area (Å²) in [5.41, 5.74) is -0.164. The number of amides is 4. The Morgan fingerprint density at radius 1 is 0.694 bits per heavy atom. The van der Waals surface area contributed by atoms with Gasteiger partial charge in [-0.2, -0.15) is 0 Å². The van der Waals surface area contributed by atoms with Crippen LogP contribution in [0.1, 0.15) is 45.0 Å². The number of aromatic carboxylic acids is 2. The van der Waals surface area contributed by atoms with E-state index >= 15 is 0 Å². The molecule has 250 valence electrons. The van der Waals surface area contributed by atoms with Crippen molar-refractivity contribution in [2.24, 2.45) is 29.6 Å². The standard InChI is InChI=1S/C35H28N2O12/c1-49-25-4-2-3-22(38)29(25)27-16-9-10-19-26(32(43)36(30(19)41)14-5-7-17(34(45)46)23(39)11-14)20(16)13-21-28(27)33(44)37(31(21)42)15-6-8-18(35(47)48)24(40)12-15/h2-9,11-12,19-21,26-28,38-40H,10,13H2,1H3,(H,45,46)(H,47,48). The fourth-order valence-corrected chi connectivity index (χ4v) is 8.12. The highest BCUT2D eigenvalue weighted by Crippen LogP contribution is 2.60. The van der Waals surface area contributed by atoms with Crippen LogP contribution in [0.25, 0.3) is 0 Å². The van der Waals surface area contributed by atoms with E-state index in [9.17, 15) is 54.3 Å². The lowest BCUT2D eigenvalue weighted by atomic mass is 9.57. The van der Waals surface area contributed by atoms with Gasteiger partial charge < -0.3 is 30.3 Å². The number of allylic oxidation sites excluding steroid dienone is 2. The molecule has 5 N–H and O–H groups in total. The highest BCUT2D eigenvalue weighted by Gasteiger charge is 2.63. The van der Waals surface area contributed by atoms with Crippen LogP contribution in [0.5, 0.6) is 23.0 Å². The first-order chi connectivity index (χ1) is 23.3. The molecule has 14 nitrogen and oxygen atoms in total. The highest BCUT2D eigenvalue weighted by atomic mass is 16.5. The molecule has 2 heterocycles. The van der Waals surface area contributed by atoms with Gasteiger partial charge in [-0.1, -0.05) is 17.7 Å². The van der Waals surface area contributed by atoms with Gasteiger partial charge in [0.2, 0.25) is 23.6 Å². The van der Waals surface area contributed by atoms with E-state index in [1.165, 1.54) is 25.3 Å². The number of methoxy groups -OCH3 is 1. The number of carboxylic acids is 2. The van der Waals surface area contributed by atoms with Crippen LogP contribution < -0.4 is 14.5 Å². The topological polar surface area (TPSA) is 219 Å². The first kappa shape index (κ1) is 31.4. The summed E-state index contributed by atoms with van der Waals surface area (Å²) in [5, 5.41) is 50.6. The molecule has 14 heteroatoms. The van der Waals surface area contributed by atoms with Gasteiger partial charge in [0.1, 0.15) is 34.1 Å². The molecule has 1 saturated carbocycles. The summed E-state index contributed by atoms with van der Waals surface area (Å²) < 4.78 is 5.59. The predicted molar refractivity (Wildman–Crippen MR) is 167 cm³/mol. The van der Waals surface area contributed by atoms with Gasteiger partial charge in [-0.05, 0) is 55.2 Å². The summed E-state index contributed by atoms with van der Waals surface area (Å²) in [7, 11) is 1.38. The Hall–Kier alpha value is -6.18. The smallest absolute Gasteiger partial charge is 0.339 e. The number of phenols is 3. The lowest BCUT2D eigenvalue weighted by molar-refractivity contribution is -0.126. The molecule has 7 rings (SSSR count). The Bertz CT molecular complexity index is 2050. The van der Waals surface area contributed by atoms with Crippen molar-refractivity contribution < 1.29 is 59.0 Å². The number of fused-ring (bicyclic) bond motifs is 4. The van der Waals surface area contributed by atoms with Crippen molar-refractivity contribution in [2.45, 2.75) is 18.8 Å². The van der Waals surface area contributed by atoms with Crippen LogP contribution in [0.2, 0.25) is 0 Å². The molecule has 2 saturated heterocycles. The molecule has 6 unspecified atom stereocenters. The molecular formula is C35H28N2O12. The maximum Gasteiger partial charge on any atom is 0.339 e. The molecule has 0 bridgehead atoms. The van der Waals surface area contributed by atoms with Gasteiger partial charge in [-0.15, -0.1) is 0 Å². The summed E-state index contributed by atoms with van der Waals surface area (Å²) >= 11 is 0. The van der Waals surface area contributed by atoms with E-state index in [0.29, 0.717) is 5.57 Å². The Balaban J connectivity index is 1.34. The summed E-state index contributed by atoms with van der Waals surface area (Å²) in [5.74, 6) is -12.4. The summed E-state index contributed by atoms with van der Waals surface area (Å²) in [6.45, 7) is 0. The van der Waals surface area contributed by atoms with Crippen LogP contribution in [-0.2, 0) is 19.2 Å². The monoisotopic (exact) mass is 668 g/mol. The number of rotatable bonds is 6. The predicted octanol–water partition coefficient (Wildman–Crippen LogP) is 3.25. The lowest BCUT2D eigenvalue weighted by Gasteiger charge is -2.44. The molecule has 0 spiro atoms. The number of carboxylic acid groups (broad SMARTS) is 2. The van der Waals surface area contributed by atoms with Crippen molar-refractivity contribution in [3.8, 4) is 23.0 Å². The Kier molecular flexibility index (Phi) is 7.19. The van der Waals surface area contributed by atoms with Crippen molar-refractivity contribution in [1.82, 2.24) is 0 Å². The van der Waals surface area contributed by atoms with Gasteiger partial charge in [0.25, 0.3) is 0 Å². The second-order valence-electron chi connectivity index (χ2n) is 12.5. The molecule has 4 amide bonds. The largest absolute Gasteiger partial charge is 0.508 e. The number of nitrogens with zero attached hydrogens (tertiary/aromatic N) is 2. The number of imide groups is 2. The van der Waals surface area contributed by atoms with Crippen LogP contribution in [0.4, 0.5) is 11.4 Å². The fourth-order valence-electron chi connectivity index (χ4n) is 8.12. The van der Waals surface area contributed by atoms with Gasteiger partial charge in [0, 0.05) is 23.6 Å². The average Bonchev–Trinajstić information content (AvgIpc) is 3.46. The number of hydrogen-bond acceptors (Lipinski definition) is 10. The normalized spacial score (nSPS) is 25.9. The average molecular weight is 669 g/mol. The molecule has 2 aliphatic carbocycles. The van der Waals surface area contributed by atoms with E-state index in [1.54, 1.807) is 18.2 Å². The third-order valence-corrected chi connectivity index (χ3v) is 10.2. The minimum Gasteiger partial charge on any atom is -0.508 e. The quantitative estimate of drug-likeness (QED) is 0.189. The number of phenolic OH excluding ortho intramolecular Hbond substituents is 1. The zero-order chi connectivity index (χ0) is 35.0. The highest BCUT2D eigenvalue weighted by molar-refractivity contribution is 6.24. The summed E-state index contributed by atoms with van der Waals surface area (Å²) in [6.07, 6.45) is 1.81. The Labute approximate surface area is 277 Å². The Morgan fingerprint density at radius 3 is 1.78 bits per heavy atom. The molecule has 0 radical (unpaired) electrons. The van der Waals surface area contributed by atoms with Crippen LogP contribution in [-0.4, -0.2) is 68.2 Å². The first-order valence-corrected chi connectivity index (χ1v) is 15.3. The molecule has 3 aromatic carbocycles. The van der Waals surface area contributed by atoms with E-state index in [2.05, 4.69) is 0 Å². The summed E-state index contributed by atoms with van der Waals surface area (Å²) in [4.78, 5) is 81.1. The van der Waals surface area contributed by atoms with E-state index in [-0.39, 0.29) is 41.3 Å². The number of carbonyl (C=O) groups is 6. The summed E-state index contributed by atoms with van der Waals surface area (Å²) in [6, 6.07) is 11.2. The minimum absolute atomic E-state index is 0.0241. The van der Waals surface area contributed by atoms with Crippen molar-refractivity contribution in [3.05, 3.63) is 82.9 Å². The zero-order valence-electron chi connectivity index (χ0n) is 25.6. The van der Waals surface area contributed by atoms with E-state index in [0.717, 1.165) is 34.1 Å². The maximum atomic E-state index is 14.3. The number of aromatic hydroxyl groups is 3. The number of benzene rings is 3. The van der Waals surface area contributed by atoms with Gasteiger partial charge in [-0.25, -0.2) is 19.4 Å². The van der Waals surface area contributed by atoms with Crippen molar-refractivity contribution in [3.63, 3.8) is 0 Å². The third kappa shape index (κ3) is 4.54. The third-order valence-electron chi connectivity index (χ3n) is 10.2. The minimum atomic E-state index is -1.41. The van der Waals surface area contributed by atoms with Gasteiger partial charge in [0.15, 0.2) is 0 Å². The van der Waals surface area contributed by atoms with Crippen LogP contribution in [0.3, 0.4) is 0 Å². The molecule has 3 aromatic rings. The second kappa shape index (κ2) is 11.2. The molecule has 0 aromatic heterocycles. The van der Waals surface area contributed by atoms with Gasteiger partial charge in [-0.3, -0.25) is 19.2 Å². The first-order valence-electron chi connectivity index (χ1n) is 15.3. The zero-order valence-corrected chi connectivity index (χ0v) is 25.6. The molecule has 4 aliphatic rings. The van der Waals surface area contributed by atoms with Crippen LogP contribution in [0, 0.1) is 29.6 Å². The van der Waals surface area contributed by atoms with Gasteiger partial charge >= 0.3 is 11.9 Å². The Morgan fingerprint density at radius 2 is 1.24 bits per heavy atom. The number of ether oxygens (including phenoxy) is 1. The fraction of sp³-hybridized carbons (Fsp3) is 0.257. The SMILES string of the molecule is COc1cccc(O)c1C1C2=CCC3C(=O)N(c4ccc(C(=O)O)c(O)c4)C(=O)C3C2CC2C(=O)N(c3ccc(C(=O)O)c(O)c3)C(=O)C21. The number of anilines is 2. The number of carbonyl (C=O) groups excluding carboxylic acids is 4. The van der Waals surface area contributed by atoms with E-state index in [4.69, 9.17) is 4.74 Å². The van der Waals surface area contributed by atoms with Crippen LogP contribution in [0.15, 0.2) is 66.2 Å². The van der Waals surface area contributed by atoms with Gasteiger partial charge in [0.05, 0.1) is 42.2 Å². The lowest BCUT2D eigenvalue weighted by Crippen LogP contribution is -2.43. The molecule has 2 aliphatic heterocycles. The molecule has 3 fully saturated rings.